The van der Waals surface area contributed by atoms with Crippen LogP contribution in [0.1, 0.15) is 29.0 Å². The molecule has 4 aromatic rings. The van der Waals surface area contributed by atoms with Crippen LogP contribution in [0.4, 0.5) is 18.9 Å². The van der Waals surface area contributed by atoms with E-state index in [-0.39, 0.29) is 41.1 Å². The normalized spacial score (nSPS) is 17.0. The van der Waals surface area contributed by atoms with E-state index in [4.69, 9.17) is 17.3 Å². The molecule has 4 N–H and O–H groups in total. The number of pyridine rings is 1. The number of hydrogen-bond donors (Lipinski definition) is 3. The summed E-state index contributed by atoms with van der Waals surface area (Å²) < 4.78 is 71.8. The van der Waals surface area contributed by atoms with Crippen LogP contribution in [0, 0.1) is 17.5 Å². The first-order valence-electron chi connectivity index (χ1n) is 14.2. The van der Waals surface area contributed by atoms with E-state index in [2.05, 4.69) is 15.6 Å². The number of rotatable bonds is 10. The van der Waals surface area contributed by atoms with Gasteiger partial charge in [0.15, 0.2) is 0 Å². The van der Waals surface area contributed by atoms with Crippen LogP contribution >= 0.6 is 11.6 Å². The number of anilines is 1. The number of benzene rings is 3. The molecule has 8 nitrogen and oxygen atoms in total. The Kier molecular flexibility index (Phi) is 10.2. The molecule has 45 heavy (non-hydrogen) atoms. The fraction of sp³-hybridized carbons (Fsp3) is 0.250. The van der Waals surface area contributed by atoms with E-state index in [0.29, 0.717) is 29.7 Å². The monoisotopic (exact) mass is 657 g/mol. The van der Waals surface area contributed by atoms with Gasteiger partial charge >= 0.3 is 0 Å². The highest BCUT2D eigenvalue weighted by molar-refractivity contribution is 7.89. The molecule has 0 spiro atoms. The van der Waals surface area contributed by atoms with Gasteiger partial charge in [-0.2, -0.15) is 4.31 Å². The lowest BCUT2D eigenvalue weighted by Crippen LogP contribution is -2.53. The van der Waals surface area contributed by atoms with Crippen LogP contribution in [0.25, 0.3) is 0 Å². The van der Waals surface area contributed by atoms with Crippen molar-refractivity contribution in [3.8, 4) is 0 Å². The van der Waals surface area contributed by atoms with Crippen molar-refractivity contribution in [1.82, 2.24) is 14.6 Å². The number of carbonyl (C=O) groups is 1. The van der Waals surface area contributed by atoms with Crippen molar-refractivity contribution in [3.63, 3.8) is 0 Å². The van der Waals surface area contributed by atoms with Gasteiger partial charge in [-0.25, -0.2) is 21.6 Å². The molecular weight excluding hydrogens is 627 g/mol. The molecule has 0 saturated carbocycles. The molecule has 13 heteroatoms. The van der Waals surface area contributed by atoms with Crippen molar-refractivity contribution < 1.29 is 26.4 Å². The van der Waals surface area contributed by atoms with Gasteiger partial charge in [0.05, 0.1) is 29.0 Å². The van der Waals surface area contributed by atoms with E-state index in [0.717, 1.165) is 18.3 Å². The molecule has 1 amide bonds. The maximum absolute atomic E-state index is 15.2. The Labute approximate surface area is 264 Å². The molecule has 1 aliphatic rings. The van der Waals surface area contributed by atoms with E-state index in [1.165, 1.54) is 22.6 Å². The molecule has 1 fully saturated rings. The highest BCUT2D eigenvalue weighted by atomic mass is 35.5. The number of nitrogens with zero attached hydrogens (tertiary/aromatic N) is 2. The number of sulfonamides is 1. The SMILES string of the molecule is NC(C(=O)Nc1cncc(F)c1CC[C@H]1CNCCN1S(=O)(=O)c1ccccc1)C(c1ccc(Cl)cc1)c1cc(F)cc(F)c1. The summed E-state index contributed by atoms with van der Waals surface area (Å²) in [7, 11) is -3.80. The predicted molar refractivity (Wildman–Crippen MR) is 166 cm³/mol. The summed E-state index contributed by atoms with van der Waals surface area (Å²) in [4.78, 5) is 17.6. The molecule has 5 rings (SSSR count). The average molecular weight is 658 g/mol. The number of carbonyl (C=O) groups excluding carboxylic acids is 1. The Morgan fingerprint density at radius 3 is 2.40 bits per heavy atom. The fourth-order valence-electron chi connectivity index (χ4n) is 5.57. The minimum atomic E-state index is -3.80. The first-order valence-corrected chi connectivity index (χ1v) is 16.0. The third kappa shape index (κ3) is 7.54. The van der Waals surface area contributed by atoms with Crippen molar-refractivity contribution in [2.45, 2.75) is 35.7 Å². The molecule has 3 aromatic carbocycles. The number of halogens is 4. The summed E-state index contributed by atoms with van der Waals surface area (Å²) in [5.41, 5.74) is 7.20. The molecule has 236 valence electrons. The van der Waals surface area contributed by atoms with Gasteiger partial charge in [-0.05, 0) is 60.4 Å². The second-order valence-electron chi connectivity index (χ2n) is 10.7. The molecule has 2 unspecified atom stereocenters. The first-order chi connectivity index (χ1) is 21.5. The van der Waals surface area contributed by atoms with Gasteiger partial charge < -0.3 is 16.4 Å². The van der Waals surface area contributed by atoms with Crippen LogP contribution in [0.3, 0.4) is 0 Å². The lowest BCUT2D eigenvalue weighted by molar-refractivity contribution is -0.117. The van der Waals surface area contributed by atoms with E-state index in [9.17, 15) is 22.0 Å². The van der Waals surface area contributed by atoms with Crippen LogP contribution in [0.2, 0.25) is 5.02 Å². The summed E-state index contributed by atoms with van der Waals surface area (Å²) in [6, 6.07) is 15.5. The first kappa shape index (κ1) is 32.6. The predicted octanol–water partition coefficient (Wildman–Crippen LogP) is 4.85. The van der Waals surface area contributed by atoms with Crippen LogP contribution < -0.4 is 16.4 Å². The number of nitrogens with one attached hydrogen (secondary N) is 2. The lowest BCUT2D eigenvalue weighted by atomic mass is 9.84. The summed E-state index contributed by atoms with van der Waals surface area (Å²) in [5, 5.41) is 6.25. The van der Waals surface area contributed by atoms with Crippen LogP contribution in [0.15, 0.2) is 90.1 Å². The molecular formula is C32H31ClF3N5O3S. The number of piperazine rings is 1. The summed E-state index contributed by atoms with van der Waals surface area (Å²) in [6.07, 6.45) is 2.60. The van der Waals surface area contributed by atoms with Crippen molar-refractivity contribution in [2.75, 3.05) is 25.0 Å². The van der Waals surface area contributed by atoms with Crippen molar-refractivity contribution in [3.05, 3.63) is 124 Å². The number of aromatic nitrogens is 1. The van der Waals surface area contributed by atoms with Gasteiger partial charge in [0.1, 0.15) is 17.5 Å². The minimum absolute atomic E-state index is 0.0527. The molecule has 3 atom stereocenters. The average Bonchev–Trinajstić information content (AvgIpc) is 3.02. The fourth-order valence-corrected chi connectivity index (χ4v) is 7.37. The summed E-state index contributed by atoms with van der Waals surface area (Å²) in [6.45, 7) is 1.07. The molecule has 1 aliphatic heterocycles. The molecule has 2 heterocycles. The molecule has 1 aromatic heterocycles. The van der Waals surface area contributed by atoms with E-state index in [1.54, 1.807) is 42.5 Å². The molecule has 1 saturated heterocycles. The number of amides is 1. The van der Waals surface area contributed by atoms with Crippen molar-refractivity contribution in [2.24, 2.45) is 5.73 Å². The smallest absolute Gasteiger partial charge is 0.243 e. The third-order valence-electron chi connectivity index (χ3n) is 7.77. The van der Waals surface area contributed by atoms with Crippen molar-refractivity contribution >= 4 is 33.2 Å². The summed E-state index contributed by atoms with van der Waals surface area (Å²) >= 11 is 6.03. The van der Waals surface area contributed by atoms with Gasteiger partial charge in [-0.15, -0.1) is 0 Å². The minimum Gasteiger partial charge on any atom is -0.323 e. The maximum Gasteiger partial charge on any atom is 0.243 e. The number of hydrogen-bond acceptors (Lipinski definition) is 6. The lowest BCUT2D eigenvalue weighted by Gasteiger charge is -2.35. The van der Waals surface area contributed by atoms with Gasteiger partial charge in [0.25, 0.3) is 0 Å². The topological polar surface area (TPSA) is 117 Å². The van der Waals surface area contributed by atoms with Crippen LogP contribution in [-0.4, -0.2) is 55.3 Å². The molecule has 0 radical (unpaired) electrons. The van der Waals surface area contributed by atoms with Crippen LogP contribution in [0.5, 0.6) is 0 Å². The van der Waals surface area contributed by atoms with Crippen LogP contribution in [-0.2, 0) is 21.2 Å². The standard InChI is InChI=1S/C32H31ClF3N5O3S/c33-22-8-6-20(7-9-22)30(21-14-23(34)16-24(35)15-21)31(37)32(42)40-29-19-39-18-28(36)27(29)11-10-25-17-38-12-13-41(25)45(43,44)26-4-2-1-3-5-26/h1-9,14-16,18-19,25,30-31,38H,10-13,17,37H2,(H,40,42)/t25-,30?,31?/m0/s1. The second-order valence-corrected chi connectivity index (χ2v) is 13.0. The van der Waals surface area contributed by atoms with Crippen molar-refractivity contribution in [1.29, 1.82) is 0 Å². The summed E-state index contributed by atoms with van der Waals surface area (Å²) in [5.74, 6) is -4.10. The quantitative estimate of drug-likeness (QED) is 0.225. The Hall–Kier alpha value is -3.81. The van der Waals surface area contributed by atoms with Gasteiger partial charge in [0, 0.05) is 48.2 Å². The van der Waals surface area contributed by atoms with E-state index >= 15 is 4.39 Å². The van der Waals surface area contributed by atoms with Gasteiger partial charge in [-0.3, -0.25) is 9.78 Å². The number of nitrogens with two attached hydrogens (primary N) is 1. The highest BCUT2D eigenvalue weighted by Gasteiger charge is 2.34. The Bertz CT molecular complexity index is 1740. The largest absolute Gasteiger partial charge is 0.323 e. The maximum atomic E-state index is 15.2. The Morgan fingerprint density at radius 1 is 1.02 bits per heavy atom. The Morgan fingerprint density at radius 2 is 1.71 bits per heavy atom. The highest BCUT2D eigenvalue weighted by Crippen LogP contribution is 2.31. The Balaban J connectivity index is 1.38. The van der Waals surface area contributed by atoms with E-state index < -0.39 is 51.4 Å². The molecule has 0 aliphatic carbocycles. The zero-order valence-electron chi connectivity index (χ0n) is 24.0. The zero-order valence-corrected chi connectivity index (χ0v) is 25.5. The van der Waals surface area contributed by atoms with Gasteiger partial charge in [-0.1, -0.05) is 41.9 Å². The molecule has 0 bridgehead atoms. The van der Waals surface area contributed by atoms with E-state index in [1.807, 2.05) is 0 Å². The second kappa shape index (κ2) is 14.1. The third-order valence-corrected chi connectivity index (χ3v) is 9.99. The van der Waals surface area contributed by atoms with Gasteiger partial charge in [0.2, 0.25) is 15.9 Å². The zero-order chi connectivity index (χ0) is 32.1.